The largest absolute Gasteiger partial charge is 0.330 e. The number of hydrogen-bond acceptors (Lipinski definition) is 2. The van der Waals surface area contributed by atoms with Crippen molar-refractivity contribution in [2.24, 2.45) is 0 Å². The molecule has 0 aliphatic rings. The minimum absolute atomic E-state index is 0.104. The van der Waals surface area contributed by atoms with Crippen molar-refractivity contribution in [1.82, 2.24) is 10.2 Å². The number of likely N-dealkylation sites (N-methyl/N-ethyl adjacent to an activating group) is 1. The van der Waals surface area contributed by atoms with Gasteiger partial charge in [-0.05, 0) is 50.0 Å². The van der Waals surface area contributed by atoms with E-state index in [1.165, 1.54) is 0 Å². The van der Waals surface area contributed by atoms with Crippen LogP contribution in [0.5, 0.6) is 0 Å². The summed E-state index contributed by atoms with van der Waals surface area (Å²) < 4.78 is 0. The van der Waals surface area contributed by atoms with E-state index < -0.39 is 0 Å². The minimum Gasteiger partial charge on any atom is -0.330 e. The van der Waals surface area contributed by atoms with Crippen molar-refractivity contribution in [3.05, 3.63) is 102 Å². The first-order valence-electron chi connectivity index (χ1n) is 9.54. The highest BCUT2D eigenvalue weighted by atomic mass is 16.2. The first-order chi connectivity index (χ1) is 14.1. The number of amides is 2. The lowest BCUT2D eigenvalue weighted by molar-refractivity contribution is 0.244. The van der Waals surface area contributed by atoms with Crippen LogP contribution in [-0.2, 0) is 0 Å². The lowest BCUT2D eigenvalue weighted by Crippen LogP contribution is -2.37. The predicted octanol–water partition coefficient (Wildman–Crippen LogP) is 4.51. The van der Waals surface area contributed by atoms with Crippen LogP contribution in [0.2, 0.25) is 0 Å². The van der Waals surface area contributed by atoms with Crippen LogP contribution in [0.1, 0.15) is 22.7 Å². The Morgan fingerprint density at radius 1 is 0.862 bits per heavy atom. The standard InChI is InChI=1S/C25H25N3O/c1-28(2)19-24(22-13-7-4-8-14-22)27-25(29)26-23-15-9-12-21(18-23)17-16-20-10-5-3-6-11-20/h3-15,18,24H,19H2,1-2H3,(H2,26,27,29). The third-order valence-corrected chi connectivity index (χ3v) is 4.30. The normalized spacial score (nSPS) is 11.3. The van der Waals surface area contributed by atoms with Gasteiger partial charge in [0.2, 0.25) is 0 Å². The lowest BCUT2D eigenvalue weighted by atomic mass is 10.1. The Bertz CT molecular complexity index is 989. The summed E-state index contributed by atoms with van der Waals surface area (Å²) in [5.41, 5.74) is 3.58. The monoisotopic (exact) mass is 383 g/mol. The summed E-state index contributed by atoms with van der Waals surface area (Å²) in [6.07, 6.45) is 0. The zero-order valence-corrected chi connectivity index (χ0v) is 16.7. The number of urea groups is 1. The summed E-state index contributed by atoms with van der Waals surface area (Å²) in [6, 6.07) is 27.0. The van der Waals surface area contributed by atoms with Crippen molar-refractivity contribution in [3.8, 4) is 11.8 Å². The molecule has 29 heavy (non-hydrogen) atoms. The van der Waals surface area contributed by atoms with E-state index in [1.807, 2.05) is 99.0 Å². The second-order valence-electron chi connectivity index (χ2n) is 7.02. The number of nitrogens with zero attached hydrogens (tertiary/aromatic N) is 1. The molecular weight excluding hydrogens is 358 g/mol. The van der Waals surface area contributed by atoms with E-state index in [0.717, 1.165) is 16.7 Å². The quantitative estimate of drug-likeness (QED) is 0.637. The van der Waals surface area contributed by atoms with E-state index in [4.69, 9.17) is 0 Å². The van der Waals surface area contributed by atoms with Crippen LogP contribution in [0, 0.1) is 11.8 Å². The summed E-state index contributed by atoms with van der Waals surface area (Å²) in [5, 5.41) is 5.98. The van der Waals surface area contributed by atoms with Gasteiger partial charge in [-0.1, -0.05) is 66.4 Å². The van der Waals surface area contributed by atoms with Crippen LogP contribution in [0.4, 0.5) is 10.5 Å². The molecule has 1 atom stereocenters. The highest BCUT2D eigenvalue weighted by Crippen LogP contribution is 2.15. The van der Waals surface area contributed by atoms with E-state index in [1.54, 1.807) is 0 Å². The molecule has 0 fully saturated rings. The van der Waals surface area contributed by atoms with Gasteiger partial charge in [0.1, 0.15) is 0 Å². The number of carbonyl (C=O) groups excluding carboxylic acids is 1. The van der Waals surface area contributed by atoms with E-state index in [9.17, 15) is 4.79 Å². The van der Waals surface area contributed by atoms with E-state index in [-0.39, 0.29) is 12.1 Å². The predicted molar refractivity (Wildman–Crippen MR) is 119 cm³/mol. The molecule has 0 radical (unpaired) electrons. The summed E-state index contributed by atoms with van der Waals surface area (Å²) in [4.78, 5) is 14.6. The van der Waals surface area contributed by atoms with Gasteiger partial charge in [0.25, 0.3) is 0 Å². The molecule has 4 heteroatoms. The van der Waals surface area contributed by atoms with Crippen molar-refractivity contribution < 1.29 is 4.79 Å². The molecule has 0 heterocycles. The maximum absolute atomic E-state index is 12.6. The van der Waals surface area contributed by atoms with Gasteiger partial charge in [-0.2, -0.15) is 0 Å². The van der Waals surface area contributed by atoms with Gasteiger partial charge in [-0.25, -0.2) is 4.79 Å². The fourth-order valence-electron chi connectivity index (χ4n) is 2.95. The smallest absolute Gasteiger partial charge is 0.319 e. The van der Waals surface area contributed by atoms with Crippen LogP contribution >= 0.6 is 0 Å². The van der Waals surface area contributed by atoms with Crippen molar-refractivity contribution >= 4 is 11.7 Å². The van der Waals surface area contributed by atoms with Crippen LogP contribution < -0.4 is 10.6 Å². The van der Waals surface area contributed by atoms with E-state index in [0.29, 0.717) is 12.2 Å². The fraction of sp³-hybridized carbons (Fsp3) is 0.160. The molecule has 0 saturated carbocycles. The molecule has 0 saturated heterocycles. The molecule has 0 aromatic heterocycles. The number of anilines is 1. The Balaban J connectivity index is 1.67. The van der Waals surface area contributed by atoms with Crippen molar-refractivity contribution in [3.63, 3.8) is 0 Å². The minimum atomic E-state index is -0.242. The van der Waals surface area contributed by atoms with Crippen molar-refractivity contribution in [2.45, 2.75) is 6.04 Å². The highest BCUT2D eigenvalue weighted by molar-refractivity contribution is 5.89. The van der Waals surface area contributed by atoms with E-state index >= 15 is 0 Å². The lowest BCUT2D eigenvalue weighted by Gasteiger charge is -2.23. The molecular formula is C25H25N3O. The van der Waals surface area contributed by atoms with Gasteiger partial charge >= 0.3 is 6.03 Å². The maximum Gasteiger partial charge on any atom is 0.319 e. The molecule has 0 aliphatic carbocycles. The molecule has 0 bridgehead atoms. The second-order valence-corrected chi connectivity index (χ2v) is 7.02. The molecule has 0 spiro atoms. The van der Waals surface area contributed by atoms with Gasteiger partial charge < -0.3 is 15.5 Å². The Labute approximate surface area is 172 Å². The Morgan fingerprint density at radius 3 is 2.17 bits per heavy atom. The maximum atomic E-state index is 12.6. The zero-order valence-electron chi connectivity index (χ0n) is 16.7. The number of benzene rings is 3. The first-order valence-corrected chi connectivity index (χ1v) is 9.54. The van der Waals surface area contributed by atoms with Crippen LogP contribution in [0.25, 0.3) is 0 Å². The number of rotatable bonds is 5. The Kier molecular flexibility index (Phi) is 7.05. The molecule has 3 aromatic rings. The topological polar surface area (TPSA) is 44.4 Å². The highest BCUT2D eigenvalue weighted by Gasteiger charge is 2.15. The number of nitrogens with one attached hydrogen (secondary N) is 2. The third-order valence-electron chi connectivity index (χ3n) is 4.30. The molecule has 1 unspecified atom stereocenters. The summed E-state index contributed by atoms with van der Waals surface area (Å²) in [6.45, 7) is 0.708. The van der Waals surface area contributed by atoms with Gasteiger partial charge in [0, 0.05) is 23.4 Å². The molecule has 3 aromatic carbocycles. The molecule has 2 N–H and O–H groups in total. The Morgan fingerprint density at radius 2 is 1.48 bits per heavy atom. The Hall–Kier alpha value is -3.55. The van der Waals surface area contributed by atoms with Gasteiger partial charge in [-0.3, -0.25) is 0 Å². The molecule has 4 nitrogen and oxygen atoms in total. The van der Waals surface area contributed by atoms with Gasteiger partial charge in [0.15, 0.2) is 0 Å². The molecule has 0 aliphatic heterocycles. The van der Waals surface area contributed by atoms with Crippen molar-refractivity contribution in [2.75, 3.05) is 26.0 Å². The van der Waals surface area contributed by atoms with Crippen LogP contribution in [0.3, 0.4) is 0 Å². The fourth-order valence-corrected chi connectivity index (χ4v) is 2.95. The van der Waals surface area contributed by atoms with Crippen molar-refractivity contribution in [1.29, 1.82) is 0 Å². The third kappa shape index (κ3) is 6.53. The summed E-state index contributed by atoms with van der Waals surface area (Å²) in [5.74, 6) is 6.27. The first kappa shape index (κ1) is 20.2. The second kappa shape index (κ2) is 10.1. The number of carbonyl (C=O) groups is 1. The SMILES string of the molecule is CN(C)CC(NC(=O)Nc1cccc(C#Cc2ccccc2)c1)c1ccccc1. The average molecular weight is 383 g/mol. The molecule has 146 valence electrons. The zero-order chi connectivity index (χ0) is 20.5. The summed E-state index contributed by atoms with van der Waals surface area (Å²) >= 11 is 0. The molecule has 3 rings (SSSR count). The van der Waals surface area contributed by atoms with Crippen LogP contribution in [-0.4, -0.2) is 31.6 Å². The van der Waals surface area contributed by atoms with Gasteiger partial charge in [-0.15, -0.1) is 0 Å². The molecule has 2 amide bonds. The summed E-state index contributed by atoms with van der Waals surface area (Å²) in [7, 11) is 3.98. The van der Waals surface area contributed by atoms with E-state index in [2.05, 4.69) is 27.4 Å². The van der Waals surface area contributed by atoms with Gasteiger partial charge in [0.05, 0.1) is 6.04 Å². The van der Waals surface area contributed by atoms with Crippen LogP contribution in [0.15, 0.2) is 84.9 Å². The average Bonchev–Trinajstić information content (AvgIpc) is 2.73. The number of hydrogen-bond donors (Lipinski definition) is 2.